The Labute approximate surface area is 87.2 Å². The molecule has 0 aromatic rings. The van der Waals surface area contributed by atoms with Crippen LogP contribution in [0.15, 0.2) is 35.5 Å². The van der Waals surface area contributed by atoms with Gasteiger partial charge in [0.25, 0.3) is 0 Å². The molecule has 80 valence electrons. The second kappa shape index (κ2) is 3.73. The van der Waals surface area contributed by atoms with Gasteiger partial charge < -0.3 is 10.2 Å². The monoisotopic (exact) mass is 208 g/mol. The van der Waals surface area contributed by atoms with Gasteiger partial charge in [0.1, 0.15) is 0 Å². The summed E-state index contributed by atoms with van der Waals surface area (Å²) in [5.74, 6) is -2.45. The van der Waals surface area contributed by atoms with E-state index in [4.69, 9.17) is 10.2 Å². The lowest BCUT2D eigenvalue weighted by Crippen LogP contribution is -2.13. The van der Waals surface area contributed by atoms with E-state index in [9.17, 15) is 9.59 Å². The molecule has 0 saturated heterocycles. The molecule has 4 nitrogen and oxygen atoms in total. The summed E-state index contributed by atoms with van der Waals surface area (Å²) in [5, 5.41) is 17.8. The molecule has 2 N–H and O–H groups in total. The van der Waals surface area contributed by atoms with Crippen molar-refractivity contribution < 1.29 is 19.8 Å². The predicted molar refractivity (Wildman–Crippen MR) is 54.4 cm³/mol. The highest BCUT2D eigenvalue weighted by atomic mass is 16.4. The van der Waals surface area contributed by atoms with Gasteiger partial charge in [-0.3, -0.25) is 0 Å². The molecule has 1 aliphatic carbocycles. The van der Waals surface area contributed by atoms with Gasteiger partial charge in [0.2, 0.25) is 0 Å². The molecule has 0 atom stereocenters. The van der Waals surface area contributed by atoms with Crippen molar-refractivity contribution in [2.45, 2.75) is 13.8 Å². The number of aliphatic carboxylic acids is 2. The number of allylic oxidation sites excluding steroid dienone is 4. The Balaban J connectivity index is 3.30. The van der Waals surface area contributed by atoms with E-state index in [-0.39, 0.29) is 11.1 Å². The lowest BCUT2D eigenvalue weighted by atomic mass is 9.90. The standard InChI is InChI=1S/C11H12O4/c1-11(2)5-3-4-7(9(12)13)8(6-11)10(14)15/h3-6H,1-2H3,(H,12,13)(H,14,15). The molecular formula is C11H12O4. The van der Waals surface area contributed by atoms with E-state index in [1.807, 2.05) is 13.8 Å². The van der Waals surface area contributed by atoms with Crippen molar-refractivity contribution in [1.29, 1.82) is 0 Å². The maximum absolute atomic E-state index is 10.9. The van der Waals surface area contributed by atoms with Crippen molar-refractivity contribution in [3.05, 3.63) is 35.5 Å². The highest BCUT2D eigenvalue weighted by molar-refractivity contribution is 6.06. The molecule has 0 radical (unpaired) electrons. The maximum atomic E-state index is 10.9. The van der Waals surface area contributed by atoms with Crippen LogP contribution in [0, 0.1) is 5.41 Å². The fourth-order valence-electron chi connectivity index (χ4n) is 1.34. The molecule has 0 saturated carbocycles. The van der Waals surface area contributed by atoms with Crippen LogP contribution >= 0.6 is 0 Å². The Morgan fingerprint density at radius 2 is 1.67 bits per heavy atom. The summed E-state index contributed by atoms with van der Waals surface area (Å²) >= 11 is 0. The van der Waals surface area contributed by atoms with E-state index in [2.05, 4.69) is 0 Å². The minimum Gasteiger partial charge on any atom is -0.478 e. The summed E-state index contributed by atoms with van der Waals surface area (Å²) in [6.45, 7) is 3.62. The molecule has 0 amide bonds. The summed E-state index contributed by atoms with van der Waals surface area (Å²) in [5.41, 5.74) is -0.816. The molecule has 4 heteroatoms. The lowest BCUT2D eigenvalue weighted by molar-refractivity contribution is -0.136. The van der Waals surface area contributed by atoms with Gasteiger partial charge in [0.05, 0.1) is 11.1 Å². The average Bonchev–Trinajstić information content (AvgIpc) is 2.23. The van der Waals surface area contributed by atoms with Crippen LogP contribution in [-0.4, -0.2) is 22.2 Å². The largest absolute Gasteiger partial charge is 0.478 e. The van der Waals surface area contributed by atoms with Crippen LogP contribution in [0.5, 0.6) is 0 Å². The Bertz CT molecular complexity index is 397. The topological polar surface area (TPSA) is 74.6 Å². The summed E-state index contributed by atoms with van der Waals surface area (Å²) < 4.78 is 0. The van der Waals surface area contributed by atoms with Crippen molar-refractivity contribution >= 4 is 11.9 Å². The first-order valence-electron chi connectivity index (χ1n) is 4.43. The Morgan fingerprint density at radius 1 is 1.13 bits per heavy atom. The summed E-state index contributed by atoms with van der Waals surface area (Å²) in [6.07, 6.45) is 6.07. The van der Waals surface area contributed by atoms with Crippen LogP contribution in [-0.2, 0) is 9.59 Å². The molecule has 0 bridgehead atoms. The van der Waals surface area contributed by atoms with Crippen molar-refractivity contribution in [2.75, 3.05) is 0 Å². The zero-order valence-corrected chi connectivity index (χ0v) is 8.52. The second-order valence-corrected chi connectivity index (χ2v) is 3.93. The highest BCUT2D eigenvalue weighted by Crippen LogP contribution is 2.27. The Morgan fingerprint density at radius 3 is 2.13 bits per heavy atom. The Kier molecular flexibility index (Phi) is 2.79. The third-order valence-corrected chi connectivity index (χ3v) is 2.06. The SMILES string of the molecule is CC1(C)C=CC=C(C(=O)O)C(C(=O)O)=C1. The van der Waals surface area contributed by atoms with Gasteiger partial charge in [0.15, 0.2) is 0 Å². The van der Waals surface area contributed by atoms with Crippen LogP contribution in [0.25, 0.3) is 0 Å². The zero-order chi connectivity index (χ0) is 11.6. The smallest absolute Gasteiger partial charge is 0.336 e. The first-order valence-corrected chi connectivity index (χ1v) is 4.43. The minimum absolute atomic E-state index is 0.169. The van der Waals surface area contributed by atoms with Gasteiger partial charge in [0, 0.05) is 5.41 Å². The van der Waals surface area contributed by atoms with E-state index < -0.39 is 17.4 Å². The van der Waals surface area contributed by atoms with Gasteiger partial charge in [-0.25, -0.2) is 9.59 Å². The minimum atomic E-state index is -1.23. The average molecular weight is 208 g/mol. The quantitative estimate of drug-likeness (QED) is 0.722. The molecule has 0 fully saturated rings. The number of hydrogen-bond acceptors (Lipinski definition) is 2. The zero-order valence-electron chi connectivity index (χ0n) is 8.52. The first kappa shape index (κ1) is 11.2. The molecule has 0 aromatic heterocycles. The van der Waals surface area contributed by atoms with E-state index in [1.54, 1.807) is 12.2 Å². The van der Waals surface area contributed by atoms with E-state index >= 15 is 0 Å². The second-order valence-electron chi connectivity index (χ2n) is 3.93. The van der Waals surface area contributed by atoms with Crippen LogP contribution in [0.4, 0.5) is 0 Å². The number of carbonyl (C=O) groups is 2. The van der Waals surface area contributed by atoms with Crippen molar-refractivity contribution in [1.82, 2.24) is 0 Å². The lowest BCUT2D eigenvalue weighted by Gasteiger charge is -2.14. The fourth-order valence-corrected chi connectivity index (χ4v) is 1.34. The fraction of sp³-hybridized carbons (Fsp3) is 0.273. The highest BCUT2D eigenvalue weighted by Gasteiger charge is 2.24. The molecule has 0 heterocycles. The van der Waals surface area contributed by atoms with Crippen molar-refractivity contribution in [3.8, 4) is 0 Å². The summed E-state index contributed by atoms with van der Waals surface area (Å²) in [6, 6.07) is 0. The summed E-state index contributed by atoms with van der Waals surface area (Å²) in [7, 11) is 0. The summed E-state index contributed by atoms with van der Waals surface area (Å²) in [4.78, 5) is 21.7. The number of carboxylic acid groups (broad SMARTS) is 2. The molecule has 1 rings (SSSR count). The van der Waals surface area contributed by atoms with Gasteiger partial charge in [-0.2, -0.15) is 0 Å². The predicted octanol–water partition coefficient (Wildman–Crippen LogP) is 1.60. The molecule has 1 aliphatic rings. The van der Waals surface area contributed by atoms with Crippen LogP contribution < -0.4 is 0 Å². The van der Waals surface area contributed by atoms with Crippen molar-refractivity contribution in [3.63, 3.8) is 0 Å². The third kappa shape index (κ3) is 2.56. The van der Waals surface area contributed by atoms with Gasteiger partial charge in [-0.05, 0) is 6.08 Å². The molecule has 0 aliphatic heterocycles. The molecule has 0 spiro atoms. The Hall–Kier alpha value is -1.84. The van der Waals surface area contributed by atoms with Crippen LogP contribution in [0.3, 0.4) is 0 Å². The first-order chi connectivity index (χ1) is 6.83. The van der Waals surface area contributed by atoms with Crippen LogP contribution in [0.1, 0.15) is 13.8 Å². The molecule has 15 heavy (non-hydrogen) atoms. The number of carboxylic acids is 2. The van der Waals surface area contributed by atoms with E-state index in [0.717, 1.165) is 0 Å². The van der Waals surface area contributed by atoms with E-state index in [0.29, 0.717) is 0 Å². The third-order valence-electron chi connectivity index (χ3n) is 2.06. The molecule has 0 unspecified atom stereocenters. The van der Waals surface area contributed by atoms with E-state index in [1.165, 1.54) is 12.2 Å². The normalized spacial score (nSPS) is 18.8. The van der Waals surface area contributed by atoms with Gasteiger partial charge in [-0.1, -0.05) is 32.1 Å². The van der Waals surface area contributed by atoms with Crippen LogP contribution in [0.2, 0.25) is 0 Å². The van der Waals surface area contributed by atoms with Gasteiger partial charge >= 0.3 is 11.9 Å². The van der Waals surface area contributed by atoms with Crippen molar-refractivity contribution in [2.24, 2.45) is 5.41 Å². The number of rotatable bonds is 2. The maximum Gasteiger partial charge on any atom is 0.336 e. The number of hydrogen-bond donors (Lipinski definition) is 2. The van der Waals surface area contributed by atoms with Gasteiger partial charge in [-0.15, -0.1) is 0 Å². The molecule has 0 aromatic carbocycles. The molecular weight excluding hydrogens is 196 g/mol.